The van der Waals surface area contributed by atoms with Crippen LogP contribution in [0.1, 0.15) is 18.9 Å². The molecule has 0 bridgehead atoms. The molecule has 0 saturated heterocycles. The number of benzene rings is 1. The minimum Gasteiger partial charge on any atom is -0.468 e. The van der Waals surface area contributed by atoms with Crippen molar-refractivity contribution in [2.75, 3.05) is 20.2 Å². The summed E-state index contributed by atoms with van der Waals surface area (Å²) in [6.07, 6.45) is 2.87. The summed E-state index contributed by atoms with van der Waals surface area (Å²) in [4.78, 5) is 13.6. The van der Waals surface area contributed by atoms with E-state index >= 15 is 0 Å². The summed E-state index contributed by atoms with van der Waals surface area (Å²) in [7, 11) is 1.43. The van der Waals surface area contributed by atoms with Crippen molar-refractivity contribution in [3.63, 3.8) is 0 Å². The number of carbonyl (C=O) groups is 1. The molecule has 0 aliphatic rings. The number of allylic oxidation sites excluding steroid dienone is 1. The number of rotatable bonds is 8. The molecule has 0 heterocycles. The Morgan fingerprint density at radius 1 is 1.42 bits per heavy atom. The largest absolute Gasteiger partial charge is 0.468 e. The number of ether oxygens (including phenoxy) is 1. The van der Waals surface area contributed by atoms with Crippen LogP contribution in [-0.4, -0.2) is 31.1 Å². The molecule has 0 N–H and O–H groups in total. The van der Waals surface area contributed by atoms with Crippen molar-refractivity contribution < 1.29 is 9.53 Å². The topological polar surface area (TPSA) is 29.5 Å². The lowest BCUT2D eigenvalue weighted by atomic mass is 10.1. The van der Waals surface area contributed by atoms with Gasteiger partial charge in [0.05, 0.1) is 13.7 Å². The van der Waals surface area contributed by atoms with Crippen LogP contribution in [0.4, 0.5) is 0 Å². The van der Waals surface area contributed by atoms with Crippen molar-refractivity contribution in [2.24, 2.45) is 5.92 Å². The number of carbonyl (C=O) groups excluding carboxylic acids is 1. The highest BCUT2D eigenvalue weighted by molar-refractivity contribution is 5.71. The Hall–Kier alpha value is -1.61. The molecule has 3 nitrogen and oxygen atoms in total. The SMILES string of the molecule is C=CCC(C)CN(CC(=O)OC)Cc1ccccc1. The number of nitrogens with zero attached hydrogens (tertiary/aromatic N) is 1. The Morgan fingerprint density at radius 3 is 2.68 bits per heavy atom. The predicted molar refractivity (Wildman–Crippen MR) is 77.7 cm³/mol. The van der Waals surface area contributed by atoms with Gasteiger partial charge in [0.25, 0.3) is 0 Å². The standard InChI is InChI=1S/C16H23NO2/c1-4-8-14(2)11-17(13-16(18)19-3)12-15-9-6-5-7-10-15/h4-7,9-10,14H,1,8,11-13H2,2-3H3. The summed E-state index contributed by atoms with van der Waals surface area (Å²) in [5.74, 6) is 0.285. The number of methoxy groups -OCH3 is 1. The molecule has 1 rings (SSSR count). The van der Waals surface area contributed by atoms with E-state index in [0.717, 1.165) is 19.5 Å². The van der Waals surface area contributed by atoms with Gasteiger partial charge < -0.3 is 4.74 Å². The molecule has 0 fully saturated rings. The monoisotopic (exact) mass is 261 g/mol. The predicted octanol–water partition coefficient (Wildman–Crippen LogP) is 2.87. The van der Waals surface area contributed by atoms with E-state index in [2.05, 4.69) is 30.5 Å². The van der Waals surface area contributed by atoms with E-state index in [1.165, 1.54) is 12.7 Å². The van der Waals surface area contributed by atoms with E-state index in [9.17, 15) is 4.79 Å². The van der Waals surface area contributed by atoms with Gasteiger partial charge in [0.1, 0.15) is 0 Å². The van der Waals surface area contributed by atoms with Crippen LogP contribution in [0.2, 0.25) is 0 Å². The molecule has 0 aliphatic carbocycles. The van der Waals surface area contributed by atoms with Gasteiger partial charge in [-0.3, -0.25) is 9.69 Å². The van der Waals surface area contributed by atoms with Crippen molar-refractivity contribution in [1.29, 1.82) is 0 Å². The molecule has 0 radical (unpaired) electrons. The maximum absolute atomic E-state index is 11.5. The molecule has 1 unspecified atom stereocenters. The first-order chi connectivity index (χ1) is 9.15. The summed E-state index contributed by atoms with van der Waals surface area (Å²) < 4.78 is 4.76. The Bertz CT molecular complexity index is 389. The van der Waals surface area contributed by atoms with Gasteiger partial charge in [-0.2, -0.15) is 0 Å². The zero-order valence-electron chi connectivity index (χ0n) is 11.8. The second kappa shape index (κ2) is 8.48. The minimum absolute atomic E-state index is 0.193. The summed E-state index contributed by atoms with van der Waals surface area (Å²) in [5.41, 5.74) is 1.21. The third kappa shape index (κ3) is 6.20. The molecule has 0 spiro atoms. The van der Waals surface area contributed by atoms with Crippen molar-refractivity contribution in [3.8, 4) is 0 Å². The van der Waals surface area contributed by atoms with E-state index in [1.807, 2.05) is 24.3 Å². The Balaban J connectivity index is 2.63. The minimum atomic E-state index is -0.193. The quantitative estimate of drug-likeness (QED) is 0.532. The second-order valence-electron chi connectivity index (χ2n) is 4.86. The van der Waals surface area contributed by atoms with E-state index < -0.39 is 0 Å². The van der Waals surface area contributed by atoms with Crippen LogP contribution < -0.4 is 0 Å². The zero-order valence-corrected chi connectivity index (χ0v) is 11.8. The van der Waals surface area contributed by atoms with Gasteiger partial charge >= 0.3 is 5.97 Å². The van der Waals surface area contributed by atoms with Crippen LogP contribution in [0.25, 0.3) is 0 Å². The molecule has 3 heteroatoms. The van der Waals surface area contributed by atoms with Crippen molar-refractivity contribution in [1.82, 2.24) is 4.90 Å². The Labute approximate surface area is 115 Å². The van der Waals surface area contributed by atoms with Gasteiger partial charge in [-0.15, -0.1) is 6.58 Å². The lowest BCUT2D eigenvalue weighted by Crippen LogP contribution is -2.33. The molecular weight excluding hydrogens is 238 g/mol. The van der Waals surface area contributed by atoms with Gasteiger partial charge in [0.2, 0.25) is 0 Å². The third-order valence-corrected chi connectivity index (χ3v) is 2.97. The van der Waals surface area contributed by atoms with Crippen LogP contribution in [0.15, 0.2) is 43.0 Å². The van der Waals surface area contributed by atoms with Gasteiger partial charge in [0, 0.05) is 13.1 Å². The highest BCUT2D eigenvalue weighted by Gasteiger charge is 2.14. The zero-order chi connectivity index (χ0) is 14.1. The Kier molecular flexibility index (Phi) is 6.90. The van der Waals surface area contributed by atoms with Gasteiger partial charge in [-0.25, -0.2) is 0 Å². The van der Waals surface area contributed by atoms with E-state index in [4.69, 9.17) is 4.74 Å². The van der Waals surface area contributed by atoms with Crippen LogP contribution in [-0.2, 0) is 16.1 Å². The van der Waals surface area contributed by atoms with Crippen LogP contribution in [0.3, 0.4) is 0 Å². The maximum atomic E-state index is 11.5. The van der Waals surface area contributed by atoms with E-state index in [1.54, 1.807) is 0 Å². The molecule has 0 saturated carbocycles. The second-order valence-corrected chi connectivity index (χ2v) is 4.86. The van der Waals surface area contributed by atoms with Gasteiger partial charge in [-0.1, -0.05) is 43.3 Å². The van der Waals surface area contributed by atoms with Crippen LogP contribution in [0.5, 0.6) is 0 Å². The summed E-state index contributed by atoms with van der Waals surface area (Å²) >= 11 is 0. The highest BCUT2D eigenvalue weighted by atomic mass is 16.5. The average molecular weight is 261 g/mol. The number of hydrogen-bond donors (Lipinski definition) is 0. The third-order valence-electron chi connectivity index (χ3n) is 2.97. The molecule has 0 aromatic heterocycles. The first-order valence-corrected chi connectivity index (χ1v) is 6.59. The van der Waals surface area contributed by atoms with Crippen molar-refractivity contribution >= 4 is 5.97 Å². The molecular formula is C16H23NO2. The molecule has 0 amide bonds. The summed E-state index contributed by atoms with van der Waals surface area (Å²) in [6.45, 7) is 7.87. The van der Waals surface area contributed by atoms with Crippen LogP contribution in [0, 0.1) is 5.92 Å². The molecule has 19 heavy (non-hydrogen) atoms. The molecule has 1 aromatic carbocycles. The highest BCUT2D eigenvalue weighted by Crippen LogP contribution is 2.10. The number of esters is 1. The van der Waals surface area contributed by atoms with Crippen molar-refractivity contribution in [2.45, 2.75) is 19.9 Å². The first kappa shape index (κ1) is 15.4. The van der Waals surface area contributed by atoms with Crippen molar-refractivity contribution in [3.05, 3.63) is 48.6 Å². The fourth-order valence-corrected chi connectivity index (χ4v) is 2.07. The van der Waals surface area contributed by atoms with Crippen LogP contribution >= 0.6 is 0 Å². The normalized spacial score (nSPS) is 12.2. The molecule has 104 valence electrons. The van der Waals surface area contributed by atoms with E-state index in [-0.39, 0.29) is 5.97 Å². The lowest BCUT2D eigenvalue weighted by Gasteiger charge is -2.24. The molecule has 1 atom stereocenters. The van der Waals surface area contributed by atoms with E-state index in [0.29, 0.717) is 12.5 Å². The smallest absolute Gasteiger partial charge is 0.319 e. The molecule has 1 aromatic rings. The lowest BCUT2D eigenvalue weighted by molar-refractivity contribution is -0.142. The van der Waals surface area contributed by atoms with Gasteiger partial charge in [-0.05, 0) is 17.9 Å². The molecule has 0 aliphatic heterocycles. The fourth-order valence-electron chi connectivity index (χ4n) is 2.07. The average Bonchev–Trinajstić information content (AvgIpc) is 2.39. The summed E-state index contributed by atoms with van der Waals surface area (Å²) in [5, 5.41) is 0. The Morgan fingerprint density at radius 2 is 2.11 bits per heavy atom. The maximum Gasteiger partial charge on any atom is 0.319 e. The fraction of sp³-hybridized carbons (Fsp3) is 0.438. The van der Waals surface area contributed by atoms with Gasteiger partial charge in [0.15, 0.2) is 0 Å². The number of hydrogen-bond acceptors (Lipinski definition) is 3. The summed E-state index contributed by atoms with van der Waals surface area (Å²) in [6, 6.07) is 10.2. The first-order valence-electron chi connectivity index (χ1n) is 6.59.